The summed E-state index contributed by atoms with van der Waals surface area (Å²) < 4.78 is 30.7. The van der Waals surface area contributed by atoms with Crippen LogP contribution in [0.3, 0.4) is 0 Å². The molecule has 1 aromatic rings. The zero-order valence-electron chi connectivity index (χ0n) is 17.6. The average molecular weight is 539 g/mol. The molecule has 0 aromatic heterocycles. The van der Waals surface area contributed by atoms with Crippen LogP contribution >= 0.6 is 24.0 Å². The first kappa shape index (κ1) is 25.8. The monoisotopic (exact) mass is 539 g/mol. The molecule has 8 nitrogen and oxygen atoms in total. The van der Waals surface area contributed by atoms with Gasteiger partial charge in [-0.25, -0.2) is 13.1 Å². The van der Waals surface area contributed by atoms with Crippen LogP contribution in [0.15, 0.2) is 29.3 Å². The zero-order valence-corrected chi connectivity index (χ0v) is 20.7. The summed E-state index contributed by atoms with van der Waals surface area (Å²) in [6.07, 6.45) is 0.680. The van der Waals surface area contributed by atoms with Gasteiger partial charge < -0.3 is 19.9 Å². The lowest BCUT2D eigenvalue weighted by atomic mass is 10.2. The minimum Gasteiger partial charge on any atom is -0.497 e. The maximum Gasteiger partial charge on any atom is 0.211 e. The van der Waals surface area contributed by atoms with Crippen molar-refractivity contribution in [3.05, 3.63) is 24.3 Å². The second-order valence-corrected chi connectivity index (χ2v) is 8.65. The van der Waals surface area contributed by atoms with Crippen molar-refractivity contribution >= 4 is 45.6 Å². The maximum absolute atomic E-state index is 11.5. The summed E-state index contributed by atoms with van der Waals surface area (Å²) in [6.45, 7) is 9.13. The van der Waals surface area contributed by atoms with Crippen LogP contribution in [0, 0.1) is 0 Å². The molecule has 10 heteroatoms. The first-order valence-corrected chi connectivity index (χ1v) is 11.5. The Balaban J connectivity index is 0.00000420. The van der Waals surface area contributed by atoms with Crippen LogP contribution in [0.4, 0.5) is 5.69 Å². The second-order valence-electron chi connectivity index (χ2n) is 6.56. The molecule has 166 valence electrons. The van der Waals surface area contributed by atoms with Gasteiger partial charge in [0, 0.05) is 51.5 Å². The summed E-state index contributed by atoms with van der Waals surface area (Å²) in [5, 5.41) is 3.34. The molecule has 1 heterocycles. The Bertz CT molecular complexity index is 720. The van der Waals surface area contributed by atoms with Crippen molar-refractivity contribution in [3.63, 3.8) is 0 Å². The largest absolute Gasteiger partial charge is 0.497 e. The minimum atomic E-state index is -3.13. The van der Waals surface area contributed by atoms with Crippen LogP contribution in [0.1, 0.15) is 20.3 Å². The summed E-state index contributed by atoms with van der Waals surface area (Å²) >= 11 is 0. The SMILES string of the molecule is CCNC(=NCCCNS(=O)(=O)CC)N1CCN(c2ccc(OC)cc2)CC1.I. The van der Waals surface area contributed by atoms with E-state index in [1.165, 1.54) is 5.69 Å². The smallest absolute Gasteiger partial charge is 0.211 e. The maximum atomic E-state index is 11.5. The van der Waals surface area contributed by atoms with Crippen molar-refractivity contribution in [2.45, 2.75) is 20.3 Å². The van der Waals surface area contributed by atoms with Gasteiger partial charge >= 0.3 is 0 Å². The first-order chi connectivity index (χ1) is 13.5. The molecule has 0 aliphatic carbocycles. The third-order valence-corrected chi connectivity index (χ3v) is 6.05. The standard InChI is InChI=1S/C19H33N5O3S.HI/c1-4-20-19(21-11-6-12-22-28(25,26)5-2)24-15-13-23(14-16-24)17-7-9-18(27-3)10-8-17;/h7-10,22H,4-6,11-16H2,1-3H3,(H,20,21);1H. The Kier molecular flexibility index (Phi) is 11.7. The lowest BCUT2D eigenvalue weighted by Gasteiger charge is -2.37. The number of ether oxygens (including phenoxy) is 1. The van der Waals surface area contributed by atoms with Crippen molar-refractivity contribution in [2.24, 2.45) is 4.99 Å². The summed E-state index contributed by atoms with van der Waals surface area (Å²) in [4.78, 5) is 9.29. The van der Waals surface area contributed by atoms with Crippen molar-refractivity contribution in [1.82, 2.24) is 14.9 Å². The van der Waals surface area contributed by atoms with Crippen LogP contribution in [0.2, 0.25) is 0 Å². The molecule has 29 heavy (non-hydrogen) atoms. The highest BCUT2D eigenvalue weighted by molar-refractivity contribution is 14.0. The van der Waals surface area contributed by atoms with E-state index in [1.807, 2.05) is 12.1 Å². The number of hydrogen-bond acceptors (Lipinski definition) is 5. The van der Waals surface area contributed by atoms with E-state index in [-0.39, 0.29) is 29.7 Å². The second kappa shape index (κ2) is 13.1. The lowest BCUT2D eigenvalue weighted by molar-refractivity contribution is 0.372. The Labute approximate surface area is 192 Å². The number of methoxy groups -OCH3 is 1. The molecule has 0 unspecified atom stereocenters. The van der Waals surface area contributed by atoms with E-state index in [0.717, 1.165) is 44.4 Å². The van der Waals surface area contributed by atoms with Gasteiger partial charge in [-0.05, 0) is 44.5 Å². The van der Waals surface area contributed by atoms with E-state index in [0.29, 0.717) is 19.5 Å². The molecule has 1 fully saturated rings. The number of halogens is 1. The molecule has 0 amide bonds. The summed E-state index contributed by atoms with van der Waals surface area (Å²) in [5.74, 6) is 1.87. The number of nitrogens with one attached hydrogen (secondary N) is 2. The van der Waals surface area contributed by atoms with E-state index < -0.39 is 10.0 Å². The Morgan fingerprint density at radius 2 is 1.79 bits per heavy atom. The van der Waals surface area contributed by atoms with Gasteiger partial charge in [0.15, 0.2) is 5.96 Å². The first-order valence-electron chi connectivity index (χ1n) is 9.88. The number of guanidine groups is 1. The number of rotatable bonds is 9. The van der Waals surface area contributed by atoms with Gasteiger partial charge in [0.05, 0.1) is 12.9 Å². The van der Waals surface area contributed by atoms with Crippen LogP contribution in [-0.2, 0) is 10.0 Å². The van der Waals surface area contributed by atoms with Gasteiger partial charge in [-0.3, -0.25) is 4.99 Å². The van der Waals surface area contributed by atoms with E-state index in [2.05, 4.69) is 43.9 Å². The van der Waals surface area contributed by atoms with Gasteiger partial charge in [-0.1, -0.05) is 0 Å². The third kappa shape index (κ3) is 8.55. The fourth-order valence-corrected chi connectivity index (χ4v) is 3.65. The van der Waals surface area contributed by atoms with Gasteiger partial charge in [0.25, 0.3) is 0 Å². The summed E-state index contributed by atoms with van der Waals surface area (Å²) in [6, 6.07) is 8.15. The van der Waals surface area contributed by atoms with Crippen molar-refractivity contribution < 1.29 is 13.2 Å². The van der Waals surface area contributed by atoms with E-state index >= 15 is 0 Å². The fourth-order valence-electron chi connectivity index (χ4n) is 2.99. The molecule has 1 aromatic carbocycles. The van der Waals surface area contributed by atoms with Crippen LogP contribution < -0.4 is 19.7 Å². The van der Waals surface area contributed by atoms with E-state index in [1.54, 1.807) is 14.0 Å². The molecule has 0 atom stereocenters. The Morgan fingerprint density at radius 3 is 2.34 bits per heavy atom. The molecule has 2 rings (SSSR count). The van der Waals surface area contributed by atoms with Crippen LogP contribution in [0.25, 0.3) is 0 Å². The van der Waals surface area contributed by atoms with Crippen LogP contribution in [-0.4, -0.2) is 78.0 Å². The minimum absolute atomic E-state index is 0. The van der Waals surface area contributed by atoms with E-state index in [4.69, 9.17) is 4.74 Å². The van der Waals surface area contributed by atoms with Crippen LogP contribution in [0.5, 0.6) is 5.75 Å². The molecule has 1 saturated heterocycles. The Morgan fingerprint density at radius 1 is 1.14 bits per heavy atom. The van der Waals surface area contributed by atoms with Gasteiger partial charge in [0.1, 0.15) is 5.75 Å². The van der Waals surface area contributed by atoms with Gasteiger partial charge in [-0.15, -0.1) is 24.0 Å². The number of anilines is 1. The quantitative estimate of drug-likeness (QED) is 0.215. The number of aliphatic imine (C=N–C) groups is 1. The molecular formula is C19H34IN5O3S. The number of benzene rings is 1. The summed E-state index contributed by atoms with van der Waals surface area (Å²) in [5.41, 5.74) is 1.20. The third-order valence-electron chi connectivity index (χ3n) is 4.65. The lowest BCUT2D eigenvalue weighted by Crippen LogP contribution is -2.52. The predicted molar refractivity (Wildman–Crippen MR) is 130 cm³/mol. The highest BCUT2D eigenvalue weighted by atomic mass is 127. The molecule has 0 spiro atoms. The summed E-state index contributed by atoms with van der Waals surface area (Å²) in [7, 11) is -1.45. The normalized spacial score (nSPS) is 15.1. The number of sulfonamides is 1. The molecule has 1 aliphatic rings. The highest BCUT2D eigenvalue weighted by Crippen LogP contribution is 2.20. The number of hydrogen-bond donors (Lipinski definition) is 2. The van der Waals surface area contributed by atoms with Crippen molar-refractivity contribution in [1.29, 1.82) is 0 Å². The molecule has 0 bridgehead atoms. The van der Waals surface area contributed by atoms with Gasteiger partial charge in [-0.2, -0.15) is 0 Å². The molecule has 2 N–H and O–H groups in total. The predicted octanol–water partition coefficient (Wildman–Crippen LogP) is 1.73. The van der Waals surface area contributed by atoms with Crippen molar-refractivity contribution in [3.8, 4) is 5.75 Å². The number of piperazine rings is 1. The molecule has 1 aliphatic heterocycles. The topological polar surface area (TPSA) is 86.3 Å². The van der Waals surface area contributed by atoms with E-state index in [9.17, 15) is 8.42 Å². The average Bonchev–Trinajstić information content (AvgIpc) is 2.73. The number of nitrogens with zero attached hydrogens (tertiary/aromatic N) is 3. The van der Waals surface area contributed by atoms with Gasteiger partial charge in [0.2, 0.25) is 10.0 Å². The molecule has 0 saturated carbocycles. The Hall–Kier alpha value is -1.27. The highest BCUT2D eigenvalue weighted by Gasteiger charge is 2.19. The molecular weight excluding hydrogens is 505 g/mol. The molecule has 0 radical (unpaired) electrons. The fraction of sp³-hybridized carbons (Fsp3) is 0.632. The zero-order chi connectivity index (χ0) is 20.4. The van der Waals surface area contributed by atoms with Crippen molar-refractivity contribution in [2.75, 3.05) is 63.6 Å².